The van der Waals surface area contributed by atoms with E-state index in [1.165, 1.54) is 4.70 Å². The molecule has 0 spiro atoms. The maximum Gasteiger partial charge on any atom is 0.230 e. The molecule has 1 unspecified atom stereocenters. The number of benzene rings is 2. The molecule has 2 nitrogen and oxygen atoms in total. The number of Topliss-reactive ketones (excluding diaryl/α,β-unsaturated/α-hetero) is 1. The highest BCUT2D eigenvalue weighted by Crippen LogP contribution is 2.18. The minimum atomic E-state index is -0.182. The quantitative estimate of drug-likeness (QED) is 0.525. The standard InChI is InChI=1S/C16H14NOS/c1-12(16(18)13-7-3-2-4-8-13)17-11-19-15-10-6-5-9-14(15)17/h2-12H,1H3/q+1. The lowest BCUT2D eigenvalue weighted by atomic mass is 10.1. The van der Waals surface area contributed by atoms with Gasteiger partial charge in [0, 0.05) is 18.6 Å². The van der Waals surface area contributed by atoms with E-state index in [0.717, 1.165) is 11.1 Å². The normalized spacial score (nSPS) is 12.5. The van der Waals surface area contributed by atoms with Crippen molar-refractivity contribution in [2.75, 3.05) is 0 Å². The fourth-order valence-electron chi connectivity index (χ4n) is 2.21. The summed E-state index contributed by atoms with van der Waals surface area (Å²) in [6, 6.07) is 17.4. The summed E-state index contributed by atoms with van der Waals surface area (Å²) < 4.78 is 3.25. The topological polar surface area (TPSA) is 20.9 Å². The van der Waals surface area contributed by atoms with Gasteiger partial charge in [0.2, 0.25) is 22.9 Å². The highest BCUT2D eigenvalue weighted by Gasteiger charge is 2.26. The van der Waals surface area contributed by atoms with Gasteiger partial charge >= 0.3 is 0 Å². The maximum atomic E-state index is 12.5. The van der Waals surface area contributed by atoms with Crippen LogP contribution in [0.15, 0.2) is 60.1 Å². The molecular weight excluding hydrogens is 254 g/mol. The number of nitrogens with zero attached hydrogens (tertiary/aromatic N) is 1. The first-order chi connectivity index (χ1) is 9.27. The molecule has 0 saturated heterocycles. The van der Waals surface area contributed by atoms with E-state index in [9.17, 15) is 4.79 Å². The first-order valence-corrected chi connectivity index (χ1v) is 7.12. The third-order valence-corrected chi connectivity index (χ3v) is 4.22. The first kappa shape index (κ1) is 12.1. The molecule has 0 fully saturated rings. The van der Waals surface area contributed by atoms with Gasteiger partial charge in [0.15, 0.2) is 0 Å². The van der Waals surface area contributed by atoms with Gasteiger partial charge in [-0.05, 0) is 6.07 Å². The largest absolute Gasteiger partial charge is 0.287 e. The van der Waals surface area contributed by atoms with Crippen molar-refractivity contribution in [2.24, 2.45) is 0 Å². The van der Waals surface area contributed by atoms with Crippen LogP contribution in [0.3, 0.4) is 0 Å². The molecular formula is C16H14NOS+. The molecule has 94 valence electrons. The molecule has 1 atom stereocenters. The van der Waals surface area contributed by atoms with Crippen molar-refractivity contribution in [1.29, 1.82) is 0 Å². The molecule has 0 aliphatic rings. The minimum absolute atomic E-state index is 0.147. The Kier molecular flexibility index (Phi) is 3.13. The second-order valence-electron chi connectivity index (χ2n) is 4.50. The Morgan fingerprint density at radius 3 is 2.53 bits per heavy atom. The molecule has 0 saturated carbocycles. The lowest BCUT2D eigenvalue weighted by Gasteiger charge is -2.05. The third kappa shape index (κ3) is 2.17. The van der Waals surface area contributed by atoms with Crippen molar-refractivity contribution in [3.63, 3.8) is 0 Å². The van der Waals surface area contributed by atoms with Crippen LogP contribution < -0.4 is 4.57 Å². The van der Waals surface area contributed by atoms with Crippen molar-refractivity contribution in [2.45, 2.75) is 13.0 Å². The Labute approximate surface area is 115 Å². The smallest absolute Gasteiger partial charge is 0.230 e. The number of ketones is 1. The van der Waals surface area contributed by atoms with Crippen LogP contribution in [0.25, 0.3) is 10.2 Å². The molecule has 3 rings (SSSR count). The number of para-hydroxylation sites is 1. The summed E-state index contributed by atoms with van der Waals surface area (Å²) in [5.41, 5.74) is 3.90. The molecule has 0 N–H and O–H groups in total. The van der Waals surface area contributed by atoms with Gasteiger partial charge in [0.25, 0.3) is 0 Å². The van der Waals surface area contributed by atoms with E-state index < -0.39 is 0 Å². The first-order valence-electron chi connectivity index (χ1n) is 6.24. The fraction of sp³-hybridized carbons (Fsp3) is 0.125. The molecule has 1 heterocycles. The van der Waals surface area contributed by atoms with Crippen LogP contribution in [0.5, 0.6) is 0 Å². The van der Waals surface area contributed by atoms with Gasteiger partial charge in [0.1, 0.15) is 4.70 Å². The molecule has 1 aromatic heterocycles. The zero-order chi connectivity index (χ0) is 13.2. The van der Waals surface area contributed by atoms with Crippen LogP contribution in [0.2, 0.25) is 0 Å². The number of aromatic nitrogens is 1. The van der Waals surface area contributed by atoms with Gasteiger partial charge in [-0.15, -0.1) is 0 Å². The van der Waals surface area contributed by atoms with Gasteiger partial charge in [0.05, 0.1) is 0 Å². The molecule has 0 amide bonds. The van der Waals surface area contributed by atoms with Gasteiger partial charge in [-0.2, -0.15) is 4.57 Å². The molecule has 3 aromatic rings. The van der Waals surface area contributed by atoms with Gasteiger partial charge in [-0.25, -0.2) is 0 Å². The lowest BCUT2D eigenvalue weighted by Crippen LogP contribution is -2.40. The van der Waals surface area contributed by atoms with E-state index in [1.54, 1.807) is 11.3 Å². The van der Waals surface area contributed by atoms with Crippen molar-refractivity contribution >= 4 is 27.3 Å². The zero-order valence-corrected chi connectivity index (χ0v) is 11.4. The van der Waals surface area contributed by atoms with Gasteiger partial charge < -0.3 is 0 Å². The minimum Gasteiger partial charge on any atom is -0.287 e. The molecule has 0 aliphatic carbocycles. The van der Waals surface area contributed by atoms with Crippen LogP contribution in [0.4, 0.5) is 0 Å². The SMILES string of the molecule is CC(C(=O)c1ccccc1)[n+]1csc2ccccc21. The van der Waals surface area contributed by atoms with E-state index in [0.29, 0.717) is 0 Å². The van der Waals surface area contributed by atoms with E-state index in [2.05, 4.69) is 16.7 Å². The fourth-order valence-corrected chi connectivity index (χ4v) is 3.18. The zero-order valence-electron chi connectivity index (χ0n) is 10.6. The Morgan fingerprint density at radius 1 is 1.05 bits per heavy atom. The number of hydrogen-bond donors (Lipinski definition) is 0. The summed E-state index contributed by atoms with van der Waals surface area (Å²) in [5, 5.41) is 0. The number of hydrogen-bond acceptors (Lipinski definition) is 2. The maximum absolute atomic E-state index is 12.5. The monoisotopic (exact) mass is 268 g/mol. The molecule has 0 radical (unpaired) electrons. The van der Waals surface area contributed by atoms with Crippen molar-refractivity contribution in [3.8, 4) is 0 Å². The van der Waals surface area contributed by atoms with Crippen molar-refractivity contribution in [3.05, 3.63) is 65.7 Å². The van der Waals surface area contributed by atoms with Gasteiger partial charge in [-0.3, -0.25) is 4.79 Å². The molecule has 2 aromatic carbocycles. The number of carbonyl (C=O) groups excluding carboxylic acids is 1. The summed E-state index contributed by atoms with van der Waals surface area (Å²) in [7, 11) is 0. The second kappa shape index (κ2) is 4.94. The predicted octanol–water partition coefficient (Wildman–Crippen LogP) is 3.63. The summed E-state index contributed by atoms with van der Waals surface area (Å²) in [4.78, 5) is 12.5. The molecule has 3 heteroatoms. The van der Waals surface area contributed by atoms with Crippen LogP contribution in [-0.2, 0) is 0 Å². The van der Waals surface area contributed by atoms with Crippen molar-refractivity contribution in [1.82, 2.24) is 0 Å². The Hall–Kier alpha value is -2.00. The van der Waals surface area contributed by atoms with Crippen molar-refractivity contribution < 1.29 is 9.36 Å². The Morgan fingerprint density at radius 2 is 1.74 bits per heavy atom. The van der Waals surface area contributed by atoms with E-state index >= 15 is 0 Å². The average molecular weight is 268 g/mol. The summed E-state index contributed by atoms with van der Waals surface area (Å²) in [6.45, 7) is 1.95. The molecule has 19 heavy (non-hydrogen) atoms. The summed E-state index contributed by atoms with van der Waals surface area (Å²) >= 11 is 1.67. The van der Waals surface area contributed by atoms with Crippen LogP contribution in [0.1, 0.15) is 23.3 Å². The average Bonchev–Trinajstić information content (AvgIpc) is 2.90. The summed E-state index contributed by atoms with van der Waals surface area (Å²) in [5.74, 6) is 0.147. The highest BCUT2D eigenvalue weighted by atomic mass is 32.1. The number of fused-ring (bicyclic) bond motifs is 1. The van der Waals surface area contributed by atoms with Crippen LogP contribution >= 0.6 is 11.3 Å². The van der Waals surface area contributed by atoms with Crippen LogP contribution in [0, 0.1) is 0 Å². The molecule has 0 aliphatic heterocycles. The van der Waals surface area contributed by atoms with E-state index in [-0.39, 0.29) is 11.8 Å². The number of carbonyl (C=O) groups is 1. The lowest BCUT2D eigenvalue weighted by molar-refractivity contribution is -0.675. The number of rotatable bonds is 3. The summed E-state index contributed by atoms with van der Waals surface area (Å²) in [6.07, 6.45) is 0. The van der Waals surface area contributed by atoms with Crippen LogP contribution in [-0.4, -0.2) is 5.78 Å². The third-order valence-electron chi connectivity index (χ3n) is 3.29. The van der Waals surface area contributed by atoms with Gasteiger partial charge in [-0.1, -0.05) is 53.8 Å². The Balaban J connectivity index is 2.00. The number of thiazole rings is 1. The highest BCUT2D eigenvalue weighted by molar-refractivity contribution is 7.16. The van der Waals surface area contributed by atoms with E-state index in [1.807, 2.05) is 54.9 Å². The predicted molar refractivity (Wildman–Crippen MR) is 77.5 cm³/mol. The second-order valence-corrected chi connectivity index (χ2v) is 5.39. The Bertz CT molecular complexity index is 718. The molecule has 0 bridgehead atoms. The van der Waals surface area contributed by atoms with E-state index in [4.69, 9.17) is 0 Å².